The van der Waals surface area contributed by atoms with E-state index in [1.165, 1.54) is 14.0 Å². The fraction of sp³-hybridized carbons (Fsp3) is 0.182. The van der Waals surface area contributed by atoms with Gasteiger partial charge < -0.3 is 14.8 Å². The highest BCUT2D eigenvalue weighted by molar-refractivity contribution is 6.31. The lowest BCUT2D eigenvalue weighted by Gasteiger charge is -2.16. The van der Waals surface area contributed by atoms with Gasteiger partial charge in [0.2, 0.25) is 0 Å². The number of carbonyl (C=O) groups excluding carboxylic acids is 2. The molecule has 0 spiro atoms. The second kappa shape index (κ2) is 8.76. The van der Waals surface area contributed by atoms with Crippen LogP contribution in [0.25, 0.3) is 10.8 Å². The van der Waals surface area contributed by atoms with Crippen LogP contribution in [0.5, 0.6) is 5.75 Å². The summed E-state index contributed by atoms with van der Waals surface area (Å²) in [5, 5.41) is 5.17. The van der Waals surface area contributed by atoms with Crippen LogP contribution < -0.4 is 10.1 Å². The number of amides is 1. The van der Waals surface area contributed by atoms with E-state index in [0.29, 0.717) is 16.5 Å². The molecule has 0 unspecified atom stereocenters. The third-order valence-corrected chi connectivity index (χ3v) is 4.55. The number of anilines is 1. The molecule has 0 aliphatic carbocycles. The Morgan fingerprint density at radius 1 is 1.07 bits per heavy atom. The summed E-state index contributed by atoms with van der Waals surface area (Å²) in [4.78, 5) is 24.8. The average molecular weight is 398 g/mol. The molecule has 6 heteroatoms. The molecule has 0 aliphatic heterocycles. The summed E-state index contributed by atoms with van der Waals surface area (Å²) < 4.78 is 10.5. The van der Waals surface area contributed by atoms with Gasteiger partial charge in [0.1, 0.15) is 5.75 Å². The summed E-state index contributed by atoms with van der Waals surface area (Å²) >= 11 is 5.97. The van der Waals surface area contributed by atoms with Crippen molar-refractivity contribution in [3.05, 3.63) is 71.2 Å². The molecule has 0 saturated carbocycles. The quantitative estimate of drug-likeness (QED) is 0.616. The van der Waals surface area contributed by atoms with E-state index in [1.807, 2.05) is 42.5 Å². The lowest BCUT2D eigenvalue weighted by molar-refractivity contribution is -0.152. The second-order valence-corrected chi connectivity index (χ2v) is 6.72. The number of esters is 1. The van der Waals surface area contributed by atoms with Crippen LogP contribution in [0.4, 0.5) is 5.69 Å². The Morgan fingerprint density at radius 2 is 1.82 bits per heavy atom. The van der Waals surface area contributed by atoms with Gasteiger partial charge in [-0.3, -0.25) is 9.59 Å². The Balaban J connectivity index is 1.65. The Kier molecular flexibility index (Phi) is 6.16. The monoisotopic (exact) mass is 397 g/mol. The lowest BCUT2D eigenvalue weighted by Crippen LogP contribution is -2.30. The van der Waals surface area contributed by atoms with Crippen molar-refractivity contribution < 1.29 is 19.1 Å². The van der Waals surface area contributed by atoms with Crippen molar-refractivity contribution >= 4 is 39.9 Å². The zero-order valence-corrected chi connectivity index (χ0v) is 16.3. The summed E-state index contributed by atoms with van der Waals surface area (Å²) in [5.41, 5.74) is 1.27. The van der Waals surface area contributed by atoms with Gasteiger partial charge in [0.05, 0.1) is 19.2 Å². The molecule has 144 valence electrons. The number of carbonyl (C=O) groups is 2. The molecule has 0 heterocycles. The van der Waals surface area contributed by atoms with E-state index in [4.69, 9.17) is 21.1 Å². The summed E-state index contributed by atoms with van der Waals surface area (Å²) in [6.45, 7) is 1.52. The van der Waals surface area contributed by atoms with Gasteiger partial charge in [0.15, 0.2) is 6.10 Å². The Hall–Kier alpha value is -3.05. The van der Waals surface area contributed by atoms with E-state index in [0.717, 1.165) is 16.3 Å². The number of rotatable bonds is 6. The number of fused-ring (bicyclic) bond motifs is 1. The molecule has 0 fully saturated rings. The van der Waals surface area contributed by atoms with Gasteiger partial charge in [0, 0.05) is 5.02 Å². The fourth-order valence-corrected chi connectivity index (χ4v) is 3.08. The van der Waals surface area contributed by atoms with Crippen molar-refractivity contribution in [1.29, 1.82) is 0 Å². The van der Waals surface area contributed by atoms with E-state index in [9.17, 15) is 9.59 Å². The normalized spacial score (nSPS) is 11.7. The number of methoxy groups -OCH3 is 1. The molecule has 3 aromatic rings. The molecular weight excluding hydrogens is 378 g/mol. The summed E-state index contributed by atoms with van der Waals surface area (Å²) in [6, 6.07) is 18.4. The third-order valence-electron chi connectivity index (χ3n) is 4.31. The predicted octanol–water partition coefficient (Wildman–Crippen LogP) is 4.61. The molecule has 0 saturated heterocycles. The minimum atomic E-state index is -0.967. The van der Waals surface area contributed by atoms with Gasteiger partial charge in [0.25, 0.3) is 5.91 Å². The lowest BCUT2D eigenvalue weighted by atomic mass is 10.0. The van der Waals surface area contributed by atoms with Crippen LogP contribution in [0.2, 0.25) is 5.02 Å². The van der Waals surface area contributed by atoms with Gasteiger partial charge >= 0.3 is 5.97 Å². The molecule has 1 amide bonds. The maximum atomic E-state index is 12.4. The minimum Gasteiger partial charge on any atom is -0.495 e. The SMILES string of the molecule is COc1ccc(Cl)cc1NC(=O)[C@H](C)OC(=O)Cc1cccc2ccccc12. The summed E-state index contributed by atoms with van der Waals surface area (Å²) in [6.07, 6.45) is -0.884. The molecular formula is C22H20ClNO4. The van der Waals surface area contributed by atoms with Crippen LogP contribution >= 0.6 is 11.6 Å². The largest absolute Gasteiger partial charge is 0.495 e. The molecule has 3 rings (SSSR count). The molecule has 28 heavy (non-hydrogen) atoms. The van der Waals surface area contributed by atoms with Crippen molar-refractivity contribution in [2.45, 2.75) is 19.4 Å². The van der Waals surface area contributed by atoms with Crippen molar-refractivity contribution in [3.63, 3.8) is 0 Å². The van der Waals surface area contributed by atoms with E-state index in [1.54, 1.807) is 18.2 Å². The van der Waals surface area contributed by atoms with E-state index in [-0.39, 0.29) is 6.42 Å². The first kappa shape index (κ1) is 19.7. The van der Waals surface area contributed by atoms with Crippen LogP contribution in [0.1, 0.15) is 12.5 Å². The first-order valence-corrected chi connectivity index (χ1v) is 9.16. The molecule has 0 aliphatic rings. The zero-order chi connectivity index (χ0) is 20.1. The number of halogens is 1. The van der Waals surface area contributed by atoms with Crippen LogP contribution in [0.3, 0.4) is 0 Å². The zero-order valence-electron chi connectivity index (χ0n) is 15.6. The molecule has 1 atom stereocenters. The average Bonchev–Trinajstić information content (AvgIpc) is 2.68. The number of ether oxygens (including phenoxy) is 2. The summed E-state index contributed by atoms with van der Waals surface area (Å²) in [5.74, 6) is -0.476. The van der Waals surface area contributed by atoms with Crippen LogP contribution in [0.15, 0.2) is 60.7 Å². The van der Waals surface area contributed by atoms with Gasteiger partial charge in [-0.25, -0.2) is 0 Å². The number of hydrogen-bond acceptors (Lipinski definition) is 4. The standard InChI is InChI=1S/C22H20ClNO4/c1-14(22(26)24-19-13-17(23)10-11-20(19)27-2)28-21(25)12-16-8-5-7-15-6-3-4-9-18(15)16/h3-11,13-14H,12H2,1-2H3,(H,24,26)/t14-/m0/s1. The highest BCUT2D eigenvalue weighted by Gasteiger charge is 2.20. The van der Waals surface area contributed by atoms with E-state index >= 15 is 0 Å². The maximum Gasteiger partial charge on any atom is 0.311 e. The van der Waals surface area contributed by atoms with Gasteiger partial charge in [-0.1, -0.05) is 54.1 Å². The molecule has 0 aromatic heterocycles. The van der Waals surface area contributed by atoms with Crippen LogP contribution in [-0.2, 0) is 20.7 Å². The number of nitrogens with one attached hydrogen (secondary N) is 1. The highest BCUT2D eigenvalue weighted by atomic mass is 35.5. The molecule has 3 aromatic carbocycles. The van der Waals surface area contributed by atoms with Crippen molar-refractivity contribution in [2.24, 2.45) is 0 Å². The third kappa shape index (κ3) is 4.61. The van der Waals surface area contributed by atoms with Gasteiger partial charge in [-0.15, -0.1) is 0 Å². The van der Waals surface area contributed by atoms with Gasteiger partial charge in [-0.05, 0) is 41.5 Å². The maximum absolute atomic E-state index is 12.4. The van der Waals surface area contributed by atoms with E-state index < -0.39 is 18.0 Å². The molecule has 0 bridgehead atoms. The van der Waals surface area contributed by atoms with E-state index in [2.05, 4.69) is 5.32 Å². The van der Waals surface area contributed by atoms with Crippen molar-refractivity contribution in [2.75, 3.05) is 12.4 Å². The number of benzene rings is 3. The van der Waals surface area contributed by atoms with Gasteiger partial charge in [-0.2, -0.15) is 0 Å². The molecule has 1 N–H and O–H groups in total. The molecule has 5 nitrogen and oxygen atoms in total. The molecule has 0 radical (unpaired) electrons. The smallest absolute Gasteiger partial charge is 0.311 e. The van der Waals surface area contributed by atoms with Crippen LogP contribution in [-0.4, -0.2) is 25.1 Å². The van der Waals surface area contributed by atoms with Crippen LogP contribution in [0, 0.1) is 0 Å². The Labute approximate surface area is 168 Å². The first-order chi connectivity index (χ1) is 13.5. The van der Waals surface area contributed by atoms with Crippen molar-refractivity contribution in [1.82, 2.24) is 0 Å². The minimum absolute atomic E-state index is 0.0828. The topological polar surface area (TPSA) is 64.6 Å². The fourth-order valence-electron chi connectivity index (χ4n) is 2.91. The Bertz CT molecular complexity index is 1010. The van der Waals surface area contributed by atoms with Crippen molar-refractivity contribution in [3.8, 4) is 5.75 Å². The first-order valence-electron chi connectivity index (χ1n) is 8.78. The number of hydrogen-bond donors (Lipinski definition) is 1. The predicted molar refractivity (Wildman–Crippen MR) is 110 cm³/mol. The Morgan fingerprint density at radius 3 is 2.61 bits per heavy atom. The second-order valence-electron chi connectivity index (χ2n) is 6.28. The highest BCUT2D eigenvalue weighted by Crippen LogP contribution is 2.28. The summed E-state index contributed by atoms with van der Waals surface area (Å²) in [7, 11) is 1.49.